The van der Waals surface area contributed by atoms with Crippen LogP contribution in [0.4, 0.5) is 0 Å². The summed E-state index contributed by atoms with van der Waals surface area (Å²) in [6.45, 7) is 4.05. The van der Waals surface area contributed by atoms with Gasteiger partial charge in [0, 0.05) is 32.5 Å². The van der Waals surface area contributed by atoms with Crippen LogP contribution in [0, 0.1) is 5.41 Å². The van der Waals surface area contributed by atoms with E-state index in [4.69, 9.17) is 4.42 Å². The number of carbonyl (C=O) groups is 1. The fourth-order valence-corrected chi connectivity index (χ4v) is 3.85. The number of aromatic nitrogens is 1. The maximum absolute atomic E-state index is 12.4. The van der Waals surface area contributed by atoms with Gasteiger partial charge in [-0.15, -0.1) is 24.8 Å². The molecule has 2 fully saturated rings. The lowest BCUT2D eigenvalue weighted by atomic mass is 9.78. The molecule has 1 amide bonds. The Hall–Kier alpha value is -1.30. The molecule has 2 aliphatic heterocycles. The number of amides is 1. The molecule has 3 heterocycles. The predicted molar refractivity (Wildman–Crippen MR) is 103 cm³/mol. The summed E-state index contributed by atoms with van der Waals surface area (Å²) in [6, 6.07) is 7.72. The van der Waals surface area contributed by atoms with Crippen molar-refractivity contribution in [2.75, 3.05) is 26.2 Å². The number of aryl methyl sites for hydroxylation is 1. The summed E-state index contributed by atoms with van der Waals surface area (Å²) in [4.78, 5) is 18.9. The van der Waals surface area contributed by atoms with Crippen molar-refractivity contribution < 1.29 is 9.21 Å². The lowest BCUT2D eigenvalue weighted by Crippen LogP contribution is -2.44. The fourth-order valence-electron chi connectivity index (χ4n) is 3.85. The topological polar surface area (TPSA) is 58.4 Å². The summed E-state index contributed by atoms with van der Waals surface area (Å²) in [7, 11) is 0. The number of likely N-dealkylation sites (tertiary alicyclic amines) is 1. The van der Waals surface area contributed by atoms with Crippen LogP contribution in [0.2, 0.25) is 0 Å². The van der Waals surface area contributed by atoms with E-state index in [0.29, 0.717) is 24.1 Å². The number of hydrogen-bond donors (Lipinski definition) is 1. The van der Waals surface area contributed by atoms with Crippen molar-refractivity contribution in [3.8, 4) is 0 Å². The van der Waals surface area contributed by atoms with Gasteiger partial charge in [0.25, 0.3) is 0 Å². The van der Waals surface area contributed by atoms with Crippen molar-refractivity contribution in [1.29, 1.82) is 0 Å². The Morgan fingerprint density at radius 1 is 1.20 bits per heavy atom. The van der Waals surface area contributed by atoms with E-state index in [0.717, 1.165) is 50.1 Å². The van der Waals surface area contributed by atoms with E-state index < -0.39 is 0 Å². The van der Waals surface area contributed by atoms with Crippen LogP contribution in [0.1, 0.15) is 31.6 Å². The van der Waals surface area contributed by atoms with Crippen molar-refractivity contribution >= 4 is 41.8 Å². The van der Waals surface area contributed by atoms with Gasteiger partial charge in [0.05, 0.1) is 0 Å². The normalized spacial score (nSPS) is 18.8. The Balaban J connectivity index is 0.00000113. The highest BCUT2D eigenvalue weighted by Crippen LogP contribution is 2.37. The monoisotopic (exact) mass is 385 g/mol. The number of para-hydroxylation sites is 2. The summed E-state index contributed by atoms with van der Waals surface area (Å²) < 4.78 is 5.69. The minimum atomic E-state index is 0. The second kappa shape index (κ2) is 8.39. The maximum atomic E-state index is 12.4. The van der Waals surface area contributed by atoms with Crippen LogP contribution in [0.25, 0.3) is 11.1 Å². The molecule has 1 N–H and O–H groups in total. The number of nitrogens with one attached hydrogen (secondary N) is 1. The Morgan fingerprint density at radius 2 is 1.96 bits per heavy atom. The first-order chi connectivity index (χ1) is 11.2. The van der Waals surface area contributed by atoms with Gasteiger partial charge in [-0.1, -0.05) is 12.1 Å². The number of halogens is 2. The molecular formula is C18H25Cl2N3O2. The smallest absolute Gasteiger partial charge is 0.223 e. The Morgan fingerprint density at radius 3 is 2.64 bits per heavy atom. The molecule has 5 nitrogen and oxygen atoms in total. The lowest BCUT2D eigenvalue weighted by molar-refractivity contribution is -0.133. The minimum absolute atomic E-state index is 0. The second-order valence-electron chi connectivity index (χ2n) is 6.88. The molecule has 1 aromatic carbocycles. The molecule has 4 rings (SSSR count). The lowest BCUT2D eigenvalue weighted by Gasteiger charge is -2.38. The molecule has 7 heteroatoms. The Kier molecular flexibility index (Phi) is 6.72. The van der Waals surface area contributed by atoms with Gasteiger partial charge in [0.2, 0.25) is 5.91 Å². The van der Waals surface area contributed by atoms with Crippen LogP contribution in [0.5, 0.6) is 0 Å². The van der Waals surface area contributed by atoms with E-state index in [9.17, 15) is 4.79 Å². The van der Waals surface area contributed by atoms with E-state index >= 15 is 0 Å². The molecule has 0 saturated carbocycles. The molecule has 1 aromatic heterocycles. The van der Waals surface area contributed by atoms with Gasteiger partial charge in [0.15, 0.2) is 11.5 Å². The zero-order valence-electron chi connectivity index (χ0n) is 14.2. The number of hydrogen-bond acceptors (Lipinski definition) is 4. The van der Waals surface area contributed by atoms with Gasteiger partial charge in [-0.05, 0) is 43.4 Å². The number of fused-ring (bicyclic) bond motifs is 1. The average Bonchev–Trinajstić information content (AvgIpc) is 3.20. The number of piperidine rings is 1. The van der Waals surface area contributed by atoms with Gasteiger partial charge in [-0.2, -0.15) is 0 Å². The van der Waals surface area contributed by atoms with Crippen molar-refractivity contribution in [2.45, 2.75) is 32.1 Å². The molecule has 0 aliphatic carbocycles. The average molecular weight is 386 g/mol. The van der Waals surface area contributed by atoms with Gasteiger partial charge < -0.3 is 14.6 Å². The molecule has 0 atom stereocenters. The highest BCUT2D eigenvalue weighted by molar-refractivity contribution is 5.85. The number of rotatable bonds is 3. The first-order valence-electron chi connectivity index (χ1n) is 8.57. The summed E-state index contributed by atoms with van der Waals surface area (Å²) in [6.07, 6.45) is 4.59. The molecule has 25 heavy (non-hydrogen) atoms. The summed E-state index contributed by atoms with van der Waals surface area (Å²) in [5.74, 6) is 0.890. The Labute approximate surface area is 160 Å². The molecule has 138 valence electrons. The zero-order valence-corrected chi connectivity index (χ0v) is 15.8. The van der Waals surface area contributed by atoms with Crippen LogP contribution >= 0.6 is 24.8 Å². The summed E-state index contributed by atoms with van der Waals surface area (Å²) >= 11 is 0. The predicted octanol–water partition coefficient (Wildman–Crippen LogP) is 3.21. The molecule has 0 bridgehead atoms. The molecule has 2 aliphatic rings. The van der Waals surface area contributed by atoms with E-state index in [-0.39, 0.29) is 30.7 Å². The SMILES string of the molecule is Cl.Cl.O=C(CCc1nc2ccccc2o1)N1CCC2(CCNC2)CC1. The third-order valence-electron chi connectivity index (χ3n) is 5.40. The first kappa shape index (κ1) is 20.0. The van der Waals surface area contributed by atoms with Crippen molar-refractivity contribution in [3.63, 3.8) is 0 Å². The maximum Gasteiger partial charge on any atom is 0.223 e. The summed E-state index contributed by atoms with van der Waals surface area (Å²) in [5, 5.41) is 3.46. The van der Waals surface area contributed by atoms with Crippen molar-refractivity contribution in [2.24, 2.45) is 5.41 Å². The third kappa shape index (κ3) is 4.27. The van der Waals surface area contributed by atoms with Gasteiger partial charge >= 0.3 is 0 Å². The summed E-state index contributed by atoms with van der Waals surface area (Å²) in [5.41, 5.74) is 2.11. The van der Waals surface area contributed by atoms with E-state index in [1.54, 1.807) is 0 Å². The number of benzene rings is 1. The van der Waals surface area contributed by atoms with Crippen molar-refractivity contribution in [1.82, 2.24) is 15.2 Å². The second-order valence-corrected chi connectivity index (χ2v) is 6.88. The zero-order chi connectivity index (χ0) is 15.7. The third-order valence-corrected chi connectivity index (χ3v) is 5.40. The van der Waals surface area contributed by atoms with Gasteiger partial charge in [-0.25, -0.2) is 4.98 Å². The van der Waals surface area contributed by atoms with Crippen LogP contribution < -0.4 is 5.32 Å². The van der Waals surface area contributed by atoms with E-state index in [1.807, 2.05) is 29.2 Å². The number of carbonyl (C=O) groups excluding carboxylic acids is 1. The highest BCUT2D eigenvalue weighted by Gasteiger charge is 2.37. The fraction of sp³-hybridized carbons (Fsp3) is 0.556. The van der Waals surface area contributed by atoms with Gasteiger partial charge in [0.1, 0.15) is 5.52 Å². The Bertz CT molecular complexity index is 670. The van der Waals surface area contributed by atoms with Crippen molar-refractivity contribution in [3.05, 3.63) is 30.2 Å². The minimum Gasteiger partial charge on any atom is -0.441 e. The highest BCUT2D eigenvalue weighted by atomic mass is 35.5. The molecule has 0 unspecified atom stereocenters. The van der Waals surface area contributed by atoms with E-state index in [1.165, 1.54) is 6.42 Å². The molecule has 0 radical (unpaired) electrons. The molecule has 2 aromatic rings. The molecule has 2 saturated heterocycles. The molecule has 1 spiro atoms. The quantitative estimate of drug-likeness (QED) is 0.880. The number of oxazole rings is 1. The van der Waals surface area contributed by atoms with Crippen LogP contribution in [-0.4, -0.2) is 42.0 Å². The largest absolute Gasteiger partial charge is 0.441 e. The van der Waals surface area contributed by atoms with E-state index in [2.05, 4.69) is 10.3 Å². The van der Waals surface area contributed by atoms with Gasteiger partial charge in [-0.3, -0.25) is 4.79 Å². The first-order valence-corrected chi connectivity index (χ1v) is 8.57. The van der Waals surface area contributed by atoms with Crippen LogP contribution in [-0.2, 0) is 11.2 Å². The molecular weight excluding hydrogens is 361 g/mol. The standard InChI is InChI=1S/C18H23N3O2.2ClH/c22-17(21-11-8-18(9-12-21)7-10-19-13-18)6-5-16-20-14-3-1-2-4-15(14)23-16;;/h1-4,19H,5-13H2;2*1H. The number of nitrogens with zero attached hydrogens (tertiary/aromatic N) is 2. The van der Waals surface area contributed by atoms with Crippen LogP contribution in [0.15, 0.2) is 28.7 Å². The van der Waals surface area contributed by atoms with Crippen LogP contribution in [0.3, 0.4) is 0 Å².